The highest BCUT2D eigenvalue weighted by atomic mass is 32.2. The fourth-order valence-electron chi connectivity index (χ4n) is 4.19. The van der Waals surface area contributed by atoms with Crippen LogP contribution in [0.5, 0.6) is 0 Å². The Morgan fingerprint density at radius 2 is 1.61 bits per heavy atom. The molecule has 0 aromatic heterocycles. The monoisotopic (exact) mass is 460 g/mol. The summed E-state index contributed by atoms with van der Waals surface area (Å²) < 4.78 is 6.15. The molecule has 0 bridgehead atoms. The molecule has 1 aliphatic heterocycles. The summed E-state index contributed by atoms with van der Waals surface area (Å²) in [6, 6.07) is 25.1. The average molecular weight is 461 g/mol. The number of carbonyl (C=O) groups excluding carboxylic acids is 1. The van der Waals surface area contributed by atoms with Crippen LogP contribution in [0.2, 0.25) is 0 Å². The van der Waals surface area contributed by atoms with Gasteiger partial charge < -0.3 is 14.9 Å². The van der Waals surface area contributed by atoms with E-state index < -0.39 is 17.7 Å². The summed E-state index contributed by atoms with van der Waals surface area (Å²) in [5.74, 6) is -0.546. The second-order valence-corrected chi connectivity index (χ2v) is 9.40. The van der Waals surface area contributed by atoms with Gasteiger partial charge in [0.1, 0.15) is 10.7 Å². The molecule has 33 heavy (non-hydrogen) atoms. The lowest BCUT2D eigenvalue weighted by molar-refractivity contribution is -0.154. The highest BCUT2D eigenvalue weighted by molar-refractivity contribution is 8.04. The van der Waals surface area contributed by atoms with Gasteiger partial charge >= 0.3 is 5.97 Å². The summed E-state index contributed by atoms with van der Waals surface area (Å²) in [6.45, 7) is 3.81. The van der Waals surface area contributed by atoms with Gasteiger partial charge in [0.25, 0.3) is 0 Å². The normalized spacial score (nSPS) is 16.4. The fourth-order valence-corrected chi connectivity index (χ4v) is 5.22. The van der Waals surface area contributed by atoms with Crippen molar-refractivity contribution in [2.75, 3.05) is 0 Å². The molecule has 3 aromatic carbocycles. The van der Waals surface area contributed by atoms with Gasteiger partial charge in [0.05, 0.1) is 12.5 Å². The van der Waals surface area contributed by atoms with Gasteiger partial charge in [-0.1, -0.05) is 91.5 Å². The first-order valence-electron chi connectivity index (χ1n) is 11.2. The van der Waals surface area contributed by atoms with E-state index in [9.17, 15) is 15.0 Å². The Bertz CT molecular complexity index is 1110. The van der Waals surface area contributed by atoms with E-state index in [4.69, 9.17) is 4.74 Å². The van der Waals surface area contributed by atoms with Crippen molar-refractivity contribution in [2.45, 2.75) is 49.7 Å². The maximum atomic E-state index is 13.3. The number of carbonyl (C=O) groups is 1. The number of thioether (sulfide) groups is 1. The number of cyclic esters (lactones) is 1. The number of ether oxygens (including phenoxy) is 1. The zero-order chi connectivity index (χ0) is 23.4. The molecular weight excluding hydrogens is 432 g/mol. The summed E-state index contributed by atoms with van der Waals surface area (Å²) in [6.07, 6.45) is 0.951. The number of aliphatic hydroxyl groups is 2. The molecule has 4 rings (SSSR count). The molecule has 0 saturated carbocycles. The number of esters is 1. The number of aliphatic hydroxyl groups excluding tert-OH is 2. The highest BCUT2D eigenvalue weighted by Gasteiger charge is 2.45. The molecule has 0 amide bonds. The predicted octanol–water partition coefficient (Wildman–Crippen LogP) is 5.92. The molecule has 0 spiro atoms. The quantitative estimate of drug-likeness (QED) is 0.428. The molecule has 3 aromatic rings. The van der Waals surface area contributed by atoms with E-state index in [1.54, 1.807) is 6.92 Å². The zero-order valence-electron chi connectivity index (χ0n) is 18.8. The van der Waals surface area contributed by atoms with E-state index in [1.807, 2.05) is 78.9 Å². The smallest absolute Gasteiger partial charge is 0.349 e. The SMILES string of the molecule is CCc1ccc(CC(C)O)c(SC2=C(O)CC(c3ccccc3)(c3ccccc3)OC2=O)c1. The summed E-state index contributed by atoms with van der Waals surface area (Å²) in [7, 11) is 0. The lowest BCUT2D eigenvalue weighted by atomic mass is 9.81. The number of aryl methyl sites for hydroxylation is 1. The third kappa shape index (κ3) is 4.85. The van der Waals surface area contributed by atoms with Gasteiger partial charge in [0.15, 0.2) is 5.60 Å². The Morgan fingerprint density at radius 3 is 2.12 bits per heavy atom. The Balaban J connectivity index is 1.76. The molecule has 1 unspecified atom stereocenters. The molecule has 2 N–H and O–H groups in total. The van der Waals surface area contributed by atoms with Gasteiger partial charge in [-0.2, -0.15) is 0 Å². The second-order valence-electron chi connectivity index (χ2n) is 8.35. The summed E-state index contributed by atoms with van der Waals surface area (Å²) in [4.78, 5) is 14.4. The van der Waals surface area contributed by atoms with Crippen molar-refractivity contribution in [3.8, 4) is 0 Å². The van der Waals surface area contributed by atoms with Gasteiger partial charge in [0.2, 0.25) is 0 Å². The molecule has 1 heterocycles. The molecule has 0 saturated heterocycles. The molecular formula is C28H28O4S. The number of hydrogen-bond donors (Lipinski definition) is 2. The number of benzene rings is 3. The second kappa shape index (κ2) is 9.86. The van der Waals surface area contributed by atoms with Crippen LogP contribution in [-0.2, 0) is 28.0 Å². The van der Waals surface area contributed by atoms with Crippen LogP contribution in [0.15, 0.2) is 94.4 Å². The maximum Gasteiger partial charge on any atom is 0.349 e. The predicted molar refractivity (Wildman–Crippen MR) is 131 cm³/mol. The topological polar surface area (TPSA) is 66.8 Å². The highest BCUT2D eigenvalue weighted by Crippen LogP contribution is 2.46. The van der Waals surface area contributed by atoms with Crippen molar-refractivity contribution in [2.24, 2.45) is 0 Å². The number of rotatable bonds is 7. The van der Waals surface area contributed by atoms with Crippen LogP contribution in [0, 0.1) is 0 Å². The van der Waals surface area contributed by atoms with Crippen molar-refractivity contribution in [1.29, 1.82) is 0 Å². The molecule has 0 radical (unpaired) electrons. The van der Waals surface area contributed by atoms with E-state index in [0.717, 1.165) is 33.6 Å². The van der Waals surface area contributed by atoms with Crippen LogP contribution in [-0.4, -0.2) is 22.3 Å². The van der Waals surface area contributed by atoms with Crippen LogP contribution in [0.1, 0.15) is 42.5 Å². The molecule has 5 heteroatoms. The first-order valence-corrected chi connectivity index (χ1v) is 12.0. The van der Waals surface area contributed by atoms with E-state index >= 15 is 0 Å². The van der Waals surface area contributed by atoms with E-state index in [1.165, 1.54) is 11.8 Å². The van der Waals surface area contributed by atoms with Crippen molar-refractivity contribution in [3.05, 3.63) is 112 Å². The fraction of sp³-hybridized carbons (Fsp3) is 0.250. The minimum Gasteiger partial charge on any atom is -0.511 e. The van der Waals surface area contributed by atoms with Crippen molar-refractivity contribution in [1.82, 2.24) is 0 Å². The largest absolute Gasteiger partial charge is 0.511 e. The molecule has 1 aliphatic rings. The van der Waals surface area contributed by atoms with Crippen LogP contribution in [0.25, 0.3) is 0 Å². The lowest BCUT2D eigenvalue weighted by Gasteiger charge is -2.38. The van der Waals surface area contributed by atoms with Crippen LogP contribution < -0.4 is 0 Å². The van der Waals surface area contributed by atoms with E-state index in [2.05, 4.69) is 6.92 Å². The summed E-state index contributed by atoms with van der Waals surface area (Å²) in [5, 5.41) is 21.1. The Hall–Kier alpha value is -3.02. The minimum absolute atomic E-state index is 0.00820. The molecule has 170 valence electrons. The third-order valence-corrected chi connectivity index (χ3v) is 7.08. The van der Waals surface area contributed by atoms with Gasteiger partial charge in [-0.3, -0.25) is 0 Å². The first kappa shape index (κ1) is 23.1. The zero-order valence-corrected chi connectivity index (χ0v) is 19.6. The van der Waals surface area contributed by atoms with Gasteiger partial charge in [-0.05, 0) is 37.0 Å². The van der Waals surface area contributed by atoms with Crippen LogP contribution in [0.3, 0.4) is 0 Å². The molecule has 0 fully saturated rings. The van der Waals surface area contributed by atoms with E-state index in [0.29, 0.717) is 6.42 Å². The summed E-state index contributed by atoms with van der Waals surface area (Å²) >= 11 is 1.21. The Labute approximate surface area is 198 Å². The van der Waals surface area contributed by atoms with Gasteiger partial charge in [-0.15, -0.1) is 0 Å². The third-order valence-electron chi connectivity index (χ3n) is 5.88. The lowest BCUT2D eigenvalue weighted by Crippen LogP contribution is -2.38. The molecule has 4 nitrogen and oxygen atoms in total. The van der Waals surface area contributed by atoms with Crippen molar-refractivity contribution < 1.29 is 19.7 Å². The van der Waals surface area contributed by atoms with Crippen molar-refractivity contribution in [3.63, 3.8) is 0 Å². The molecule has 0 aliphatic carbocycles. The number of hydrogen-bond acceptors (Lipinski definition) is 5. The van der Waals surface area contributed by atoms with E-state index in [-0.39, 0.29) is 17.1 Å². The van der Waals surface area contributed by atoms with Gasteiger partial charge in [0, 0.05) is 16.0 Å². The van der Waals surface area contributed by atoms with Crippen LogP contribution in [0.4, 0.5) is 0 Å². The molecule has 1 atom stereocenters. The summed E-state index contributed by atoms with van der Waals surface area (Å²) in [5.41, 5.74) is 2.58. The Kier molecular flexibility index (Phi) is 6.91. The first-order chi connectivity index (χ1) is 15.9. The minimum atomic E-state index is -1.10. The maximum absolute atomic E-state index is 13.3. The standard InChI is InChI=1S/C28H28O4S/c1-3-20-14-15-21(16-19(2)29)25(17-20)33-26-24(30)18-28(32-27(26)31,22-10-6-4-7-11-22)23-12-8-5-9-13-23/h4-15,17,19,29-30H,3,16,18H2,1-2H3. The van der Waals surface area contributed by atoms with Crippen LogP contribution >= 0.6 is 11.8 Å². The van der Waals surface area contributed by atoms with Gasteiger partial charge in [-0.25, -0.2) is 4.79 Å². The average Bonchev–Trinajstić information content (AvgIpc) is 2.83. The Morgan fingerprint density at radius 1 is 1.00 bits per heavy atom. The van der Waals surface area contributed by atoms with Crippen molar-refractivity contribution >= 4 is 17.7 Å².